The standard InChI is InChI=1S/C14H23NO2/c1-4-12-7-9-13(10-8-12)15-11-14(16-5-2)17-6-3/h7-10,14-15H,4-6,11H2,1-3H3. The lowest BCUT2D eigenvalue weighted by molar-refractivity contribution is -0.126. The third-order valence-corrected chi connectivity index (χ3v) is 2.54. The van der Waals surface area contributed by atoms with Gasteiger partial charge in [0.2, 0.25) is 0 Å². The second-order valence-electron chi connectivity index (χ2n) is 3.77. The number of hydrogen-bond acceptors (Lipinski definition) is 3. The van der Waals surface area contributed by atoms with Crippen LogP contribution in [-0.4, -0.2) is 26.0 Å². The zero-order valence-electron chi connectivity index (χ0n) is 11.0. The molecular weight excluding hydrogens is 214 g/mol. The molecule has 0 aliphatic rings. The van der Waals surface area contributed by atoms with E-state index in [-0.39, 0.29) is 6.29 Å². The van der Waals surface area contributed by atoms with Crippen molar-refractivity contribution in [3.8, 4) is 0 Å². The molecule has 0 atom stereocenters. The molecule has 0 fully saturated rings. The molecule has 1 rings (SSSR count). The first-order valence-electron chi connectivity index (χ1n) is 6.36. The van der Waals surface area contributed by atoms with Gasteiger partial charge in [-0.15, -0.1) is 0 Å². The molecule has 0 saturated heterocycles. The minimum Gasteiger partial charge on any atom is -0.380 e. The van der Waals surface area contributed by atoms with Gasteiger partial charge in [0, 0.05) is 18.9 Å². The average Bonchev–Trinajstić information content (AvgIpc) is 2.37. The van der Waals surface area contributed by atoms with E-state index in [9.17, 15) is 0 Å². The van der Waals surface area contributed by atoms with Crippen molar-refractivity contribution in [2.24, 2.45) is 0 Å². The lowest BCUT2D eigenvalue weighted by atomic mass is 10.1. The molecule has 0 aliphatic heterocycles. The first-order chi connectivity index (χ1) is 8.30. The Balaban J connectivity index is 2.41. The van der Waals surface area contributed by atoms with Crippen molar-refractivity contribution in [1.29, 1.82) is 0 Å². The number of anilines is 1. The van der Waals surface area contributed by atoms with Gasteiger partial charge in [-0.3, -0.25) is 0 Å². The number of hydrogen-bond donors (Lipinski definition) is 1. The molecule has 0 saturated carbocycles. The lowest BCUT2D eigenvalue weighted by Crippen LogP contribution is -2.26. The van der Waals surface area contributed by atoms with E-state index in [1.807, 2.05) is 13.8 Å². The van der Waals surface area contributed by atoms with Crippen LogP contribution in [0, 0.1) is 0 Å². The van der Waals surface area contributed by atoms with Gasteiger partial charge in [0.25, 0.3) is 0 Å². The highest BCUT2D eigenvalue weighted by molar-refractivity contribution is 5.44. The van der Waals surface area contributed by atoms with E-state index >= 15 is 0 Å². The Morgan fingerprint density at radius 3 is 2.06 bits per heavy atom. The molecule has 0 spiro atoms. The molecule has 0 heterocycles. The first kappa shape index (κ1) is 14.0. The van der Waals surface area contributed by atoms with Gasteiger partial charge < -0.3 is 14.8 Å². The number of aryl methyl sites for hydroxylation is 1. The van der Waals surface area contributed by atoms with E-state index in [2.05, 4.69) is 36.5 Å². The Hall–Kier alpha value is -1.06. The van der Waals surface area contributed by atoms with Gasteiger partial charge in [0.15, 0.2) is 6.29 Å². The summed E-state index contributed by atoms with van der Waals surface area (Å²) in [6, 6.07) is 8.46. The molecule has 0 unspecified atom stereocenters. The van der Waals surface area contributed by atoms with Gasteiger partial charge >= 0.3 is 0 Å². The highest BCUT2D eigenvalue weighted by Crippen LogP contribution is 2.10. The molecular formula is C14H23NO2. The van der Waals surface area contributed by atoms with Crippen LogP contribution in [0.3, 0.4) is 0 Å². The molecule has 0 aromatic heterocycles. The maximum atomic E-state index is 5.46. The smallest absolute Gasteiger partial charge is 0.174 e. The predicted molar refractivity (Wildman–Crippen MR) is 71.3 cm³/mol. The van der Waals surface area contributed by atoms with Crippen molar-refractivity contribution in [2.45, 2.75) is 33.5 Å². The molecule has 1 N–H and O–H groups in total. The molecule has 17 heavy (non-hydrogen) atoms. The molecule has 0 amide bonds. The molecule has 0 radical (unpaired) electrons. The first-order valence-corrected chi connectivity index (χ1v) is 6.36. The number of rotatable bonds is 8. The number of ether oxygens (including phenoxy) is 2. The van der Waals surface area contributed by atoms with Crippen molar-refractivity contribution in [3.63, 3.8) is 0 Å². The summed E-state index contributed by atoms with van der Waals surface area (Å²) in [5, 5.41) is 3.32. The second-order valence-corrected chi connectivity index (χ2v) is 3.77. The fraction of sp³-hybridized carbons (Fsp3) is 0.571. The molecule has 96 valence electrons. The van der Waals surface area contributed by atoms with Crippen LogP contribution >= 0.6 is 0 Å². The molecule has 0 bridgehead atoms. The summed E-state index contributed by atoms with van der Waals surface area (Å²) < 4.78 is 10.9. The minimum atomic E-state index is -0.171. The summed E-state index contributed by atoms with van der Waals surface area (Å²) in [7, 11) is 0. The minimum absolute atomic E-state index is 0.171. The maximum Gasteiger partial charge on any atom is 0.174 e. The molecule has 3 nitrogen and oxygen atoms in total. The van der Waals surface area contributed by atoms with Crippen LogP contribution in [0.25, 0.3) is 0 Å². The fourth-order valence-corrected chi connectivity index (χ4v) is 1.60. The quantitative estimate of drug-likeness (QED) is 0.705. The lowest BCUT2D eigenvalue weighted by Gasteiger charge is -2.18. The van der Waals surface area contributed by atoms with Crippen LogP contribution in [-0.2, 0) is 15.9 Å². The van der Waals surface area contributed by atoms with Gasteiger partial charge in [0.05, 0.1) is 6.54 Å². The summed E-state index contributed by atoms with van der Waals surface area (Å²) in [6.07, 6.45) is 0.900. The third kappa shape index (κ3) is 5.20. The molecule has 1 aromatic carbocycles. The highest BCUT2D eigenvalue weighted by atomic mass is 16.7. The average molecular weight is 237 g/mol. The normalized spacial score (nSPS) is 10.8. The SMILES string of the molecule is CCOC(CNc1ccc(CC)cc1)OCC. The third-order valence-electron chi connectivity index (χ3n) is 2.54. The van der Waals surface area contributed by atoms with Crippen molar-refractivity contribution in [2.75, 3.05) is 25.1 Å². The molecule has 1 aromatic rings. The zero-order chi connectivity index (χ0) is 12.5. The largest absolute Gasteiger partial charge is 0.380 e. The Labute approximate surface area is 104 Å². The van der Waals surface area contributed by atoms with Crippen LogP contribution in [0.5, 0.6) is 0 Å². The second kappa shape index (κ2) is 8.09. The number of benzene rings is 1. The van der Waals surface area contributed by atoms with Crippen molar-refractivity contribution >= 4 is 5.69 Å². The summed E-state index contributed by atoms with van der Waals surface area (Å²) in [4.78, 5) is 0. The Bertz CT molecular complexity index is 292. The molecule has 0 aliphatic carbocycles. The Kier molecular flexibility index (Phi) is 6.67. The van der Waals surface area contributed by atoms with Crippen molar-refractivity contribution in [3.05, 3.63) is 29.8 Å². The maximum absolute atomic E-state index is 5.46. The van der Waals surface area contributed by atoms with Crippen LogP contribution in [0.4, 0.5) is 5.69 Å². The Morgan fingerprint density at radius 1 is 1.00 bits per heavy atom. The van der Waals surface area contributed by atoms with E-state index in [0.29, 0.717) is 19.8 Å². The van der Waals surface area contributed by atoms with Gasteiger partial charge in [-0.05, 0) is 38.0 Å². The Morgan fingerprint density at radius 2 is 1.59 bits per heavy atom. The van der Waals surface area contributed by atoms with Gasteiger partial charge in [-0.1, -0.05) is 19.1 Å². The van der Waals surface area contributed by atoms with E-state index in [1.165, 1.54) is 5.56 Å². The van der Waals surface area contributed by atoms with E-state index in [0.717, 1.165) is 12.1 Å². The van der Waals surface area contributed by atoms with Gasteiger partial charge in [-0.2, -0.15) is 0 Å². The monoisotopic (exact) mass is 237 g/mol. The fourth-order valence-electron chi connectivity index (χ4n) is 1.60. The van der Waals surface area contributed by atoms with E-state index in [4.69, 9.17) is 9.47 Å². The van der Waals surface area contributed by atoms with Crippen LogP contribution in [0.2, 0.25) is 0 Å². The highest BCUT2D eigenvalue weighted by Gasteiger charge is 2.06. The van der Waals surface area contributed by atoms with E-state index < -0.39 is 0 Å². The van der Waals surface area contributed by atoms with E-state index in [1.54, 1.807) is 0 Å². The van der Waals surface area contributed by atoms with Gasteiger partial charge in [0.1, 0.15) is 0 Å². The predicted octanol–water partition coefficient (Wildman–Crippen LogP) is 3.06. The van der Waals surface area contributed by atoms with Crippen LogP contribution in [0.1, 0.15) is 26.3 Å². The van der Waals surface area contributed by atoms with Crippen LogP contribution < -0.4 is 5.32 Å². The number of nitrogens with one attached hydrogen (secondary N) is 1. The summed E-state index contributed by atoms with van der Waals surface area (Å²) in [5.41, 5.74) is 2.45. The molecule has 3 heteroatoms. The zero-order valence-corrected chi connectivity index (χ0v) is 11.0. The summed E-state index contributed by atoms with van der Waals surface area (Å²) in [6.45, 7) is 8.11. The van der Waals surface area contributed by atoms with Crippen molar-refractivity contribution in [1.82, 2.24) is 0 Å². The van der Waals surface area contributed by atoms with Crippen LogP contribution in [0.15, 0.2) is 24.3 Å². The summed E-state index contributed by atoms with van der Waals surface area (Å²) >= 11 is 0. The van der Waals surface area contributed by atoms with Crippen molar-refractivity contribution < 1.29 is 9.47 Å². The topological polar surface area (TPSA) is 30.5 Å². The van der Waals surface area contributed by atoms with Gasteiger partial charge in [-0.25, -0.2) is 0 Å². The summed E-state index contributed by atoms with van der Waals surface area (Å²) in [5.74, 6) is 0.